The molecule has 1 atom stereocenters. The van der Waals surface area contributed by atoms with Crippen molar-refractivity contribution in [3.8, 4) is 0 Å². The summed E-state index contributed by atoms with van der Waals surface area (Å²) in [5.41, 5.74) is 0.804. The van der Waals surface area contributed by atoms with E-state index in [0.717, 1.165) is 12.1 Å². The van der Waals surface area contributed by atoms with E-state index in [4.69, 9.17) is 0 Å². The van der Waals surface area contributed by atoms with Crippen molar-refractivity contribution < 1.29 is 8.78 Å². The summed E-state index contributed by atoms with van der Waals surface area (Å²) >= 11 is 2.61. The molecular weight excluding hydrogens is 338 g/mol. The molecule has 3 nitrogen and oxygen atoms in total. The van der Waals surface area contributed by atoms with Crippen LogP contribution in [0.2, 0.25) is 0 Å². The van der Waals surface area contributed by atoms with Crippen LogP contribution in [-0.4, -0.2) is 9.55 Å². The van der Waals surface area contributed by atoms with Crippen molar-refractivity contribution in [1.29, 1.82) is 0 Å². The maximum absolute atomic E-state index is 13.9. The van der Waals surface area contributed by atoms with Gasteiger partial charge in [0.2, 0.25) is 0 Å². The number of thiophene rings is 1. The summed E-state index contributed by atoms with van der Waals surface area (Å²) in [7, 11) is 0. The Morgan fingerprint density at radius 1 is 1.35 bits per heavy atom. The van der Waals surface area contributed by atoms with Crippen molar-refractivity contribution in [2.24, 2.45) is 0 Å². The molecule has 3 rings (SSSR count). The Hall–Kier alpha value is -1.73. The van der Waals surface area contributed by atoms with Gasteiger partial charge in [-0.05, 0) is 43.5 Å². The summed E-state index contributed by atoms with van der Waals surface area (Å²) in [4.78, 5) is 17.0. The zero-order valence-corrected chi connectivity index (χ0v) is 14.2. The second kappa shape index (κ2) is 6.41. The molecule has 0 radical (unpaired) electrons. The van der Waals surface area contributed by atoms with E-state index in [1.807, 2.05) is 12.3 Å². The van der Waals surface area contributed by atoms with Gasteiger partial charge < -0.3 is 0 Å². The molecule has 0 aliphatic rings. The van der Waals surface area contributed by atoms with Crippen LogP contribution >= 0.6 is 23.1 Å². The van der Waals surface area contributed by atoms with Crippen molar-refractivity contribution in [2.45, 2.75) is 30.8 Å². The summed E-state index contributed by atoms with van der Waals surface area (Å²) in [5, 5.41) is 1.97. The summed E-state index contributed by atoms with van der Waals surface area (Å²) in [5.74, 6) is -0.948. The number of fused-ring (bicyclic) bond motifs is 1. The minimum absolute atomic E-state index is 0.0954. The maximum atomic E-state index is 13.9. The van der Waals surface area contributed by atoms with Crippen LogP contribution in [0.3, 0.4) is 0 Å². The second-order valence-electron chi connectivity index (χ2n) is 5.00. The lowest BCUT2D eigenvalue weighted by atomic mass is 10.1. The summed E-state index contributed by atoms with van der Waals surface area (Å²) in [6.07, 6.45) is 0. The lowest BCUT2D eigenvalue weighted by molar-refractivity contribution is 0.585. The predicted octanol–water partition coefficient (Wildman–Crippen LogP) is 4.61. The van der Waals surface area contributed by atoms with Crippen LogP contribution in [0.25, 0.3) is 10.2 Å². The van der Waals surface area contributed by atoms with Gasteiger partial charge in [0, 0.05) is 17.4 Å². The Bertz CT molecular complexity index is 920. The Morgan fingerprint density at radius 2 is 2.13 bits per heavy atom. The normalized spacial score (nSPS) is 12.7. The smallest absolute Gasteiger partial charge is 0.272 e. The molecule has 0 N–H and O–H groups in total. The van der Waals surface area contributed by atoms with Gasteiger partial charge in [0.05, 0.1) is 5.52 Å². The molecule has 3 aromatic rings. The van der Waals surface area contributed by atoms with Crippen molar-refractivity contribution in [1.82, 2.24) is 9.55 Å². The predicted molar refractivity (Wildman–Crippen MR) is 90.2 cm³/mol. The molecule has 7 heteroatoms. The molecule has 0 aliphatic heterocycles. The summed E-state index contributed by atoms with van der Waals surface area (Å²) in [6.45, 7) is 4.10. The van der Waals surface area contributed by atoms with Gasteiger partial charge in [0.15, 0.2) is 5.16 Å². The number of rotatable bonds is 4. The number of thioether (sulfide) groups is 1. The zero-order valence-electron chi connectivity index (χ0n) is 12.5. The molecule has 0 aliphatic carbocycles. The van der Waals surface area contributed by atoms with Crippen LogP contribution in [0.15, 0.2) is 39.6 Å². The van der Waals surface area contributed by atoms with E-state index in [9.17, 15) is 13.6 Å². The Morgan fingerprint density at radius 3 is 2.87 bits per heavy atom. The standard InChI is InChI=1S/C16H14F2N2OS2/c1-3-20-15(21)14-13(6-7-22-14)19-16(20)23-9(2)11-8-10(17)4-5-12(11)18/h4-9H,3H2,1-2H3. The number of hydrogen-bond donors (Lipinski definition) is 0. The van der Waals surface area contributed by atoms with Crippen LogP contribution in [0.5, 0.6) is 0 Å². The first-order valence-corrected chi connectivity index (χ1v) is 8.86. The van der Waals surface area contributed by atoms with E-state index in [2.05, 4.69) is 4.98 Å². The molecule has 0 saturated heterocycles. The van der Waals surface area contributed by atoms with Gasteiger partial charge in [-0.1, -0.05) is 11.8 Å². The fourth-order valence-corrected chi connectivity index (χ4v) is 4.23. The number of hydrogen-bond acceptors (Lipinski definition) is 4. The molecule has 0 spiro atoms. The number of benzene rings is 1. The van der Waals surface area contributed by atoms with Gasteiger partial charge in [-0.25, -0.2) is 13.8 Å². The van der Waals surface area contributed by atoms with Gasteiger partial charge in [-0.2, -0.15) is 0 Å². The van der Waals surface area contributed by atoms with Crippen LogP contribution in [-0.2, 0) is 6.54 Å². The third-order valence-electron chi connectivity index (χ3n) is 3.53. The van der Waals surface area contributed by atoms with Crippen molar-refractivity contribution in [3.05, 3.63) is 57.2 Å². The molecule has 120 valence electrons. The average Bonchev–Trinajstić information content (AvgIpc) is 2.98. The Kier molecular flexibility index (Phi) is 4.50. The zero-order chi connectivity index (χ0) is 16.6. The fourth-order valence-electron chi connectivity index (χ4n) is 2.34. The number of halogens is 2. The SMILES string of the molecule is CCn1c(SC(C)c2cc(F)ccc2F)nc2ccsc2c1=O. The fraction of sp³-hybridized carbons (Fsp3) is 0.250. The van der Waals surface area contributed by atoms with E-state index >= 15 is 0 Å². The van der Waals surface area contributed by atoms with Gasteiger partial charge in [-0.15, -0.1) is 11.3 Å². The first-order valence-electron chi connectivity index (χ1n) is 7.11. The molecule has 23 heavy (non-hydrogen) atoms. The lowest BCUT2D eigenvalue weighted by Gasteiger charge is -2.15. The van der Waals surface area contributed by atoms with Gasteiger partial charge >= 0.3 is 0 Å². The van der Waals surface area contributed by atoms with Crippen molar-refractivity contribution in [2.75, 3.05) is 0 Å². The van der Waals surface area contributed by atoms with Gasteiger partial charge in [-0.3, -0.25) is 9.36 Å². The summed E-state index contributed by atoms with van der Waals surface area (Å²) in [6, 6.07) is 5.18. The van der Waals surface area contributed by atoms with E-state index < -0.39 is 11.6 Å². The first-order chi connectivity index (χ1) is 11.0. The quantitative estimate of drug-likeness (QED) is 0.508. The average molecular weight is 352 g/mol. The van der Waals surface area contributed by atoms with Crippen LogP contribution in [0.1, 0.15) is 24.7 Å². The molecule has 0 saturated carbocycles. The molecular formula is C16H14F2N2OS2. The lowest BCUT2D eigenvalue weighted by Crippen LogP contribution is -2.21. The van der Waals surface area contributed by atoms with Crippen molar-refractivity contribution >= 4 is 33.3 Å². The highest BCUT2D eigenvalue weighted by Gasteiger charge is 2.18. The topological polar surface area (TPSA) is 34.9 Å². The second-order valence-corrected chi connectivity index (χ2v) is 7.23. The highest BCUT2D eigenvalue weighted by molar-refractivity contribution is 7.99. The molecule has 2 aromatic heterocycles. The van der Waals surface area contributed by atoms with Gasteiger partial charge in [0.1, 0.15) is 16.3 Å². The van der Waals surface area contributed by atoms with Crippen LogP contribution in [0, 0.1) is 11.6 Å². The highest BCUT2D eigenvalue weighted by atomic mass is 32.2. The van der Waals surface area contributed by atoms with Gasteiger partial charge in [0.25, 0.3) is 5.56 Å². The van der Waals surface area contributed by atoms with Crippen LogP contribution < -0.4 is 5.56 Å². The summed E-state index contributed by atoms with van der Waals surface area (Å²) < 4.78 is 29.5. The van der Waals surface area contributed by atoms with E-state index in [1.165, 1.54) is 29.2 Å². The number of nitrogens with zero attached hydrogens (tertiary/aromatic N) is 2. The molecule has 1 aromatic carbocycles. The first kappa shape index (κ1) is 16.1. The molecule has 0 fully saturated rings. The Labute approximate surface area is 140 Å². The third kappa shape index (κ3) is 3.03. The van der Waals surface area contributed by atoms with E-state index in [0.29, 0.717) is 21.9 Å². The van der Waals surface area contributed by atoms with E-state index in [-0.39, 0.29) is 16.4 Å². The van der Waals surface area contributed by atoms with E-state index in [1.54, 1.807) is 17.6 Å². The largest absolute Gasteiger partial charge is 0.287 e. The highest BCUT2D eigenvalue weighted by Crippen LogP contribution is 2.35. The monoisotopic (exact) mass is 352 g/mol. The van der Waals surface area contributed by atoms with Crippen LogP contribution in [0.4, 0.5) is 8.78 Å². The molecule has 2 heterocycles. The minimum atomic E-state index is -0.483. The molecule has 1 unspecified atom stereocenters. The minimum Gasteiger partial charge on any atom is -0.287 e. The Balaban J connectivity index is 2.03. The maximum Gasteiger partial charge on any atom is 0.272 e. The number of aromatic nitrogens is 2. The third-order valence-corrected chi connectivity index (χ3v) is 5.55. The molecule has 0 amide bonds. The van der Waals surface area contributed by atoms with Crippen molar-refractivity contribution in [3.63, 3.8) is 0 Å². The molecule has 0 bridgehead atoms.